The molecule has 0 radical (unpaired) electrons. The van der Waals surface area contributed by atoms with E-state index in [2.05, 4.69) is 10.3 Å². The molecule has 5 nitrogen and oxygen atoms in total. The second-order valence-corrected chi connectivity index (χ2v) is 4.68. The van der Waals surface area contributed by atoms with Crippen molar-refractivity contribution < 1.29 is 4.92 Å². The molecule has 0 saturated carbocycles. The van der Waals surface area contributed by atoms with Crippen LogP contribution in [-0.2, 0) is 13.0 Å². The summed E-state index contributed by atoms with van der Waals surface area (Å²) in [4.78, 5) is 14.5. The van der Waals surface area contributed by atoms with Crippen molar-refractivity contribution in [3.8, 4) is 0 Å². The lowest BCUT2D eigenvalue weighted by Crippen LogP contribution is -2.17. The molecular formula is C14H14ClN3O2. The fourth-order valence-corrected chi connectivity index (χ4v) is 2.13. The Bertz CT molecular complexity index is 590. The summed E-state index contributed by atoms with van der Waals surface area (Å²) in [6.07, 6.45) is 4.32. The first kappa shape index (κ1) is 14.4. The predicted molar refractivity (Wildman–Crippen MR) is 77.8 cm³/mol. The highest BCUT2D eigenvalue weighted by molar-refractivity contribution is 6.31. The molecule has 0 aliphatic rings. The zero-order valence-corrected chi connectivity index (χ0v) is 11.5. The van der Waals surface area contributed by atoms with Crippen LogP contribution in [0.5, 0.6) is 0 Å². The minimum atomic E-state index is -0.411. The van der Waals surface area contributed by atoms with Gasteiger partial charge >= 0.3 is 0 Å². The van der Waals surface area contributed by atoms with Crippen LogP contribution in [0.2, 0.25) is 5.02 Å². The number of aromatic nitrogens is 1. The van der Waals surface area contributed by atoms with E-state index in [0.29, 0.717) is 23.7 Å². The van der Waals surface area contributed by atoms with E-state index in [1.165, 1.54) is 11.6 Å². The summed E-state index contributed by atoms with van der Waals surface area (Å²) in [5.74, 6) is 0. The smallest absolute Gasteiger partial charge is 0.275 e. The molecule has 0 bridgehead atoms. The van der Waals surface area contributed by atoms with E-state index in [1.54, 1.807) is 24.5 Å². The SMILES string of the molecule is O=[N+]([O-])c1cccc(Cl)c1CNCCc1ccncc1. The average Bonchev–Trinajstić information content (AvgIpc) is 2.45. The van der Waals surface area contributed by atoms with Crippen molar-refractivity contribution in [1.29, 1.82) is 0 Å². The molecule has 1 aromatic carbocycles. The first-order chi connectivity index (χ1) is 9.68. The molecule has 2 rings (SSSR count). The summed E-state index contributed by atoms with van der Waals surface area (Å²) >= 11 is 6.02. The van der Waals surface area contributed by atoms with Crippen LogP contribution in [0.15, 0.2) is 42.7 Å². The summed E-state index contributed by atoms with van der Waals surface area (Å²) in [5, 5.41) is 14.5. The van der Waals surface area contributed by atoms with E-state index in [0.717, 1.165) is 6.42 Å². The highest BCUT2D eigenvalue weighted by Crippen LogP contribution is 2.25. The molecule has 0 saturated heterocycles. The molecule has 20 heavy (non-hydrogen) atoms. The highest BCUT2D eigenvalue weighted by atomic mass is 35.5. The normalized spacial score (nSPS) is 10.4. The maximum atomic E-state index is 10.9. The summed E-state index contributed by atoms with van der Waals surface area (Å²) in [7, 11) is 0. The van der Waals surface area contributed by atoms with Gasteiger partial charge in [0.15, 0.2) is 0 Å². The predicted octanol–water partition coefficient (Wildman–Crippen LogP) is 2.98. The van der Waals surface area contributed by atoms with Crippen LogP contribution in [0.1, 0.15) is 11.1 Å². The summed E-state index contributed by atoms with van der Waals surface area (Å²) in [6, 6.07) is 8.60. The zero-order valence-electron chi connectivity index (χ0n) is 10.8. The van der Waals surface area contributed by atoms with Crippen LogP contribution < -0.4 is 5.32 Å². The Morgan fingerprint density at radius 2 is 2.00 bits per heavy atom. The Morgan fingerprint density at radius 1 is 1.25 bits per heavy atom. The second kappa shape index (κ2) is 6.98. The third-order valence-electron chi connectivity index (χ3n) is 2.93. The van der Waals surface area contributed by atoms with Crippen LogP contribution >= 0.6 is 11.6 Å². The van der Waals surface area contributed by atoms with Crippen molar-refractivity contribution in [2.75, 3.05) is 6.54 Å². The highest BCUT2D eigenvalue weighted by Gasteiger charge is 2.15. The van der Waals surface area contributed by atoms with Gasteiger partial charge in [-0.15, -0.1) is 0 Å². The number of nitro benzene ring substituents is 1. The lowest BCUT2D eigenvalue weighted by Gasteiger charge is -2.07. The number of nitrogens with one attached hydrogen (secondary N) is 1. The molecule has 0 fully saturated rings. The van der Waals surface area contributed by atoms with Crippen LogP contribution in [0.25, 0.3) is 0 Å². The molecule has 0 aliphatic heterocycles. The molecular weight excluding hydrogens is 278 g/mol. The molecule has 0 atom stereocenters. The van der Waals surface area contributed by atoms with Gasteiger partial charge in [-0.2, -0.15) is 0 Å². The van der Waals surface area contributed by atoms with E-state index >= 15 is 0 Å². The van der Waals surface area contributed by atoms with Gasteiger partial charge in [-0.25, -0.2) is 0 Å². The van der Waals surface area contributed by atoms with Crippen molar-refractivity contribution in [3.63, 3.8) is 0 Å². The Labute approximate surface area is 121 Å². The van der Waals surface area contributed by atoms with Crippen LogP contribution in [0.3, 0.4) is 0 Å². The number of pyridine rings is 1. The van der Waals surface area contributed by atoms with Gasteiger partial charge in [0.1, 0.15) is 0 Å². The first-order valence-electron chi connectivity index (χ1n) is 6.20. The van der Waals surface area contributed by atoms with Gasteiger partial charge in [0.25, 0.3) is 5.69 Å². The summed E-state index contributed by atoms with van der Waals surface area (Å²) in [6.45, 7) is 1.09. The molecule has 0 spiro atoms. The number of hydrogen-bond acceptors (Lipinski definition) is 4. The van der Waals surface area contributed by atoms with Crippen molar-refractivity contribution in [2.24, 2.45) is 0 Å². The molecule has 0 aliphatic carbocycles. The molecule has 104 valence electrons. The number of nitro groups is 1. The number of hydrogen-bond donors (Lipinski definition) is 1. The zero-order chi connectivity index (χ0) is 14.4. The minimum absolute atomic E-state index is 0.0499. The number of benzene rings is 1. The largest absolute Gasteiger partial charge is 0.312 e. The van der Waals surface area contributed by atoms with Crippen LogP contribution in [0.4, 0.5) is 5.69 Å². The van der Waals surface area contributed by atoms with Crippen molar-refractivity contribution in [1.82, 2.24) is 10.3 Å². The maximum absolute atomic E-state index is 10.9. The molecule has 6 heteroatoms. The van der Waals surface area contributed by atoms with E-state index < -0.39 is 4.92 Å². The van der Waals surface area contributed by atoms with E-state index in [4.69, 9.17) is 11.6 Å². The quantitative estimate of drug-likeness (QED) is 0.505. The molecule has 0 unspecified atom stereocenters. The first-order valence-corrected chi connectivity index (χ1v) is 6.57. The molecule has 1 aromatic heterocycles. The fraction of sp³-hybridized carbons (Fsp3) is 0.214. The van der Waals surface area contributed by atoms with Gasteiger partial charge in [0, 0.05) is 25.0 Å². The molecule has 2 aromatic rings. The molecule has 1 N–H and O–H groups in total. The minimum Gasteiger partial charge on any atom is -0.312 e. The number of halogens is 1. The van der Waals surface area contributed by atoms with Gasteiger partial charge < -0.3 is 5.32 Å². The van der Waals surface area contributed by atoms with E-state index in [-0.39, 0.29) is 5.69 Å². The number of rotatable bonds is 6. The number of nitrogens with zero attached hydrogens (tertiary/aromatic N) is 2. The Balaban J connectivity index is 1.93. The second-order valence-electron chi connectivity index (χ2n) is 4.28. The van der Waals surface area contributed by atoms with Crippen molar-refractivity contribution in [2.45, 2.75) is 13.0 Å². The van der Waals surface area contributed by atoms with E-state index in [1.807, 2.05) is 12.1 Å². The van der Waals surface area contributed by atoms with Gasteiger partial charge in [-0.1, -0.05) is 17.7 Å². The van der Waals surface area contributed by atoms with E-state index in [9.17, 15) is 10.1 Å². The Kier molecular flexibility index (Phi) is 5.03. The lowest BCUT2D eigenvalue weighted by molar-refractivity contribution is -0.385. The Morgan fingerprint density at radius 3 is 2.70 bits per heavy atom. The molecule has 0 amide bonds. The topological polar surface area (TPSA) is 68.1 Å². The van der Waals surface area contributed by atoms with Gasteiger partial charge in [-0.3, -0.25) is 15.1 Å². The monoisotopic (exact) mass is 291 g/mol. The third-order valence-corrected chi connectivity index (χ3v) is 3.29. The summed E-state index contributed by atoms with van der Waals surface area (Å²) < 4.78 is 0. The van der Waals surface area contributed by atoms with Crippen molar-refractivity contribution >= 4 is 17.3 Å². The average molecular weight is 292 g/mol. The van der Waals surface area contributed by atoms with Gasteiger partial charge in [0.05, 0.1) is 15.5 Å². The lowest BCUT2D eigenvalue weighted by atomic mass is 10.1. The summed E-state index contributed by atoms with van der Waals surface area (Å²) in [5.41, 5.74) is 1.74. The molecule has 1 heterocycles. The Hall–Kier alpha value is -1.98. The van der Waals surface area contributed by atoms with Gasteiger partial charge in [-0.05, 0) is 36.7 Å². The maximum Gasteiger partial charge on any atom is 0.275 e. The standard InChI is InChI=1S/C14H14ClN3O2/c15-13-2-1-3-14(18(19)20)12(13)10-17-9-6-11-4-7-16-8-5-11/h1-5,7-8,17H,6,9-10H2. The fourth-order valence-electron chi connectivity index (χ4n) is 1.89. The van der Waals surface area contributed by atoms with Crippen LogP contribution in [0, 0.1) is 10.1 Å². The van der Waals surface area contributed by atoms with Gasteiger partial charge in [0.2, 0.25) is 0 Å². The van der Waals surface area contributed by atoms with Crippen molar-refractivity contribution in [3.05, 3.63) is 69.0 Å². The van der Waals surface area contributed by atoms with Crippen LogP contribution in [-0.4, -0.2) is 16.5 Å². The third kappa shape index (κ3) is 3.76.